The molecular formula is C9H9N3O2. The molecule has 1 aromatic heterocycles. The van der Waals surface area contributed by atoms with Gasteiger partial charge in [-0.05, 0) is 12.3 Å². The molecule has 0 saturated carbocycles. The molecule has 2 rings (SSSR count). The summed E-state index contributed by atoms with van der Waals surface area (Å²) in [5.74, 6) is 0. The van der Waals surface area contributed by atoms with E-state index < -0.39 is 11.2 Å². The summed E-state index contributed by atoms with van der Waals surface area (Å²) in [6.07, 6.45) is 3.37. The van der Waals surface area contributed by atoms with Gasteiger partial charge in [0.25, 0.3) is 5.56 Å². The van der Waals surface area contributed by atoms with Gasteiger partial charge in [-0.15, -0.1) is 0 Å². The molecule has 72 valence electrons. The molecule has 1 aliphatic heterocycles. The smallest absolute Gasteiger partial charge is 0.333 e. The Morgan fingerprint density at radius 1 is 1.43 bits per heavy atom. The van der Waals surface area contributed by atoms with Gasteiger partial charge in [-0.3, -0.25) is 14.3 Å². The van der Waals surface area contributed by atoms with Crippen LogP contribution in [0.25, 0.3) is 5.70 Å². The number of allylic oxidation sites excluding steroid dienone is 2. The van der Waals surface area contributed by atoms with Gasteiger partial charge < -0.3 is 5.32 Å². The summed E-state index contributed by atoms with van der Waals surface area (Å²) in [7, 11) is 0. The van der Waals surface area contributed by atoms with Crippen molar-refractivity contribution >= 4 is 5.70 Å². The minimum absolute atomic E-state index is 0.391. The van der Waals surface area contributed by atoms with Gasteiger partial charge in [0.1, 0.15) is 0 Å². The molecular weight excluding hydrogens is 182 g/mol. The summed E-state index contributed by atoms with van der Waals surface area (Å²) in [4.78, 5) is 24.7. The number of fused-ring (bicyclic) bond motifs is 1. The number of aromatic nitrogens is 2. The fraction of sp³-hybridized carbons (Fsp3) is 0.111. The Labute approximate surface area is 79.4 Å². The number of aromatic amines is 1. The fourth-order valence-corrected chi connectivity index (χ4v) is 1.38. The SMILES string of the molecule is C=C1C=CNCc2cc(=O)[nH]c(=O)n21. The van der Waals surface area contributed by atoms with Gasteiger partial charge in [0, 0.05) is 11.8 Å². The van der Waals surface area contributed by atoms with Crippen molar-refractivity contribution < 1.29 is 0 Å². The van der Waals surface area contributed by atoms with Crippen molar-refractivity contribution in [3.8, 4) is 0 Å². The Kier molecular flexibility index (Phi) is 1.85. The van der Waals surface area contributed by atoms with E-state index in [0.717, 1.165) is 0 Å². The molecule has 0 aromatic carbocycles. The third-order valence-electron chi connectivity index (χ3n) is 1.98. The molecule has 0 spiro atoms. The van der Waals surface area contributed by atoms with Crippen molar-refractivity contribution in [1.29, 1.82) is 0 Å². The maximum atomic E-state index is 11.4. The molecule has 2 N–H and O–H groups in total. The molecule has 0 aliphatic carbocycles. The summed E-state index contributed by atoms with van der Waals surface area (Å²) in [5.41, 5.74) is 0.295. The minimum Gasteiger partial charge on any atom is -0.385 e. The average molecular weight is 191 g/mol. The Morgan fingerprint density at radius 2 is 2.21 bits per heavy atom. The predicted octanol–water partition coefficient (Wildman–Crippen LogP) is -0.376. The van der Waals surface area contributed by atoms with Crippen molar-refractivity contribution in [2.24, 2.45) is 0 Å². The lowest BCUT2D eigenvalue weighted by molar-refractivity contribution is 0.777. The standard InChI is InChI=1S/C9H9N3O2/c1-6-2-3-10-5-7-4-8(13)11-9(14)12(6)7/h2-4,10H,1,5H2,(H,11,13,14). The average Bonchev–Trinajstić information content (AvgIpc) is 2.27. The van der Waals surface area contributed by atoms with Crippen LogP contribution in [-0.2, 0) is 6.54 Å². The number of rotatable bonds is 0. The van der Waals surface area contributed by atoms with Crippen LogP contribution in [0.1, 0.15) is 5.69 Å². The maximum Gasteiger partial charge on any atom is 0.333 e. The van der Waals surface area contributed by atoms with Gasteiger partial charge in [0.15, 0.2) is 0 Å². The number of hydrogen-bond acceptors (Lipinski definition) is 3. The lowest BCUT2D eigenvalue weighted by Crippen LogP contribution is -2.31. The Hall–Kier alpha value is -2.04. The molecule has 0 saturated heterocycles. The van der Waals surface area contributed by atoms with E-state index in [2.05, 4.69) is 16.9 Å². The summed E-state index contributed by atoms with van der Waals surface area (Å²) in [6.45, 7) is 4.16. The molecule has 5 heteroatoms. The monoisotopic (exact) mass is 191 g/mol. The highest BCUT2D eigenvalue weighted by Crippen LogP contribution is 2.06. The van der Waals surface area contributed by atoms with Gasteiger partial charge in [-0.2, -0.15) is 0 Å². The van der Waals surface area contributed by atoms with Crippen LogP contribution in [0.2, 0.25) is 0 Å². The third kappa shape index (κ3) is 1.28. The number of nitrogens with one attached hydrogen (secondary N) is 2. The summed E-state index contributed by atoms with van der Waals surface area (Å²) in [6, 6.07) is 1.38. The Bertz CT molecular complexity index is 522. The molecule has 14 heavy (non-hydrogen) atoms. The van der Waals surface area contributed by atoms with E-state index in [1.54, 1.807) is 12.3 Å². The van der Waals surface area contributed by atoms with Crippen LogP contribution in [0.5, 0.6) is 0 Å². The predicted molar refractivity (Wildman–Crippen MR) is 52.6 cm³/mol. The lowest BCUT2D eigenvalue weighted by atomic mass is 10.3. The molecule has 0 atom stereocenters. The van der Waals surface area contributed by atoms with Gasteiger partial charge in [-0.25, -0.2) is 4.79 Å². The highest BCUT2D eigenvalue weighted by atomic mass is 16.2. The molecule has 0 amide bonds. The largest absolute Gasteiger partial charge is 0.385 e. The zero-order valence-electron chi connectivity index (χ0n) is 7.41. The minimum atomic E-state index is -0.453. The molecule has 0 bridgehead atoms. The molecule has 0 unspecified atom stereocenters. The Balaban J connectivity index is 2.77. The van der Waals surface area contributed by atoms with Crippen LogP contribution < -0.4 is 16.6 Å². The fourth-order valence-electron chi connectivity index (χ4n) is 1.38. The van der Waals surface area contributed by atoms with Crippen LogP contribution in [-0.4, -0.2) is 9.55 Å². The number of nitrogens with zero attached hydrogens (tertiary/aromatic N) is 1. The first kappa shape index (κ1) is 8.55. The summed E-state index contributed by atoms with van der Waals surface area (Å²) >= 11 is 0. The van der Waals surface area contributed by atoms with Crippen LogP contribution >= 0.6 is 0 Å². The molecule has 2 heterocycles. The van der Waals surface area contributed by atoms with E-state index in [-0.39, 0.29) is 0 Å². The Morgan fingerprint density at radius 3 is 3.00 bits per heavy atom. The van der Waals surface area contributed by atoms with Crippen molar-refractivity contribution in [2.45, 2.75) is 6.54 Å². The number of H-pyrrole nitrogens is 1. The molecule has 1 aromatic rings. The van der Waals surface area contributed by atoms with Gasteiger partial charge >= 0.3 is 5.69 Å². The van der Waals surface area contributed by atoms with E-state index in [9.17, 15) is 9.59 Å². The van der Waals surface area contributed by atoms with E-state index in [1.165, 1.54) is 10.6 Å². The summed E-state index contributed by atoms with van der Waals surface area (Å²) in [5, 5.41) is 2.93. The van der Waals surface area contributed by atoms with Crippen LogP contribution in [0.3, 0.4) is 0 Å². The zero-order valence-corrected chi connectivity index (χ0v) is 7.41. The van der Waals surface area contributed by atoms with Gasteiger partial charge in [0.2, 0.25) is 0 Å². The molecule has 1 aliphatic rings. The van der Waals surface area contributed by atoms with E-state index >= 15 is 0 Å². The normalized spacial score (nSPS) is 14.4. The van der Waals surface area contributed by atoms with Crippen molar-refractivity contribution in [2.75, 3.05) is 0 Å². The third-order valence-corrected chi connectivity index (χ3v) is 1.98. The lowest BCUT2D eigenvalue weighted by Gasteiger charge is -2.07. The first-order chi connectivity index (χ1) is 6.68. The molecule has 5 nitrogen and oxygen atoms in total. The second-order valence-corrected chi connectivity index (χ2v) is 2.97. The highest BCUT2D eigenvalue weighted by molar-refractivity contribution is 5.55. The molecule has 0 fully saturated rings. The summed E-state index contributed by atoms with van der Waals surface area (Å²) < 4.78 is 1.37. The second-order valence-electron chi connectivity index (χ2n) is 2.97. The van der Waals surface area contributed by atoms with Gasteiger partial charge in [0.05, 0.1) is 12.2 Å². The van der Waals surface area contributed by atoms with E-state index in [4.69, 9.17) is 0 Å². The quantitative estimate of drug-likeness (QED) is 0.587. The maximum absolute atomic E-state index is 11.4. The van der Waals surface area contributed by atoms with Crippen LogP contribution in [0, 0.1) is 0 Å². The van der Waals surface area contributed by atoms with Crippen molar-refractivity contribution in [3.63, 3.8) is 0 Å². The van der Waals surface area contributed by atoms with Crippen LogP contribution in [0.15, 0.2) is 34.5 Å². The molecule has 0 radical (unpaired) electrons. The van der Waals surface area contributed by atoms with Crippen molar-refractivity contribution in [1.82, 2.24) is 14.9 Å². The van der Waals surface area contributed by atoms with E-state index in [0.29, 0.717) is 17.9 Å². The number of hydrogen-bond donors (Lipinski definition) is 2. The van der Waals surface area contributed by atoms with Gasteiger partial charge in [-0.1, -0.05) is 6.58 Å². The second kappa shape index (κ2) is 3.02. The van der Waals surface area contributed by atoms with Crippen LogP contribution in [0.4, 0.5) is 0 Å². The first-order valence-electron chi connectivity index (χ1n) is 4.13. The zero-order chi connectivity index (χ0) is 10.1. The van der Waals surface area contributed by atoms with Crippen molar-refractivity contribution in [3.05, 3.63) is 51.5 Å². The highest BCUT2D eigenvalue weighted by Gasteiger charge is 2.08. The van der Waals surface area contributed by atoms with E-state index in [1.807, 2.05) is 0 Å². The first-order valence-corrected chi connectivity index (χ1v) is 4.13. The topological polar surface area (TPSA) is 66.9 Å².